The number of hydrogen-bond acceptors (Lipinski definition) is 4. The lowest BCUT2D eigenvalue weighted by atomic mass is 10.1. The molecule has 22 heavy (non-hydrogen) atoms. The number of nitrogens with one attached hydrogen (secondary N) is 2. The second-order valence-electron chi connectivity index (χ2n) is 5.49. The average molecular weight is 325 g/mol. The van der Waals surface area contributed by atoms with E-state index in [0.717, 1.165) is 25.2 Å². The van der Waals surface area contributed by atoms with E-state index in [1.807, 2.05) is 11.8 Å². The van der Waals surface area contributed by atoms with Crippen molar-refractivity contribution in [3.8, 4) is 0 Å². The Balaban J connectivity index is 1.93. The number of aryl methyl sites for hydroxylation is 1. The van der Waals surface area contributed by atoms with Gasteiger partial charge in [-0.25, -0.2) is 13.1 Å². The van der Waals surface area contributed by atoms with Gasteiger partial charge in [-0.1, -0.05) is 12.1 Å². The Bertz CT molecular complexity index is 613. The van der Waals surface area contributed by atoms with Crippen molar-refractivity contribution in [3.63, 3.8) is 0 Å². The van der Waals surface area contributed by atoms with Crippen LogP contribution in [-0.2, 0) is 21.2 Å². The number of carbonyl (C=O) groups is 1. The van der Waals surface area contributed by atoms with E-state index in [4.69, 9.17) is 0 Å². The second-order valence-corrected chi connectivity index (χ2v) is 7.38. The van der Waals surface area contributed by atoms with Crippen LogP contribution in [0.25, 0.3) is 0 Å². The molecule has 122 valence electrons. The Morgan fingerprint density at radius 2 is 2.05 bits per heavy atom. The second kappa shape index (κ2) is 7.21. The molecule has 0 bridgehead atoms. The van der Waals surface area contributed by atoms with Gasteiger partial charge < -0.3 is 10.2 Å². The SMILES string of the molecule is CNS(=O)(=O)c1ccc(CCC(=O)N2CCNC[C@H]2C)cc1. The van der Waals surface area contributed by atoms with Gasteiger partial charge in [-0.3, -0.25) is 4.79 Å². The first-order valence-electron chi connectivity index (χ1n) is 7.46. The molecule has 1 aliphatic heterocycles. The number of piperazine rings is 1. The van der Waals surface area contributed by atoms with Crippen LogP contribution in [0.1, 0.15) is 18.9 Å². The Labute approximate surface area is 131 Å². The number of nitrogens with zero attached hydrogens (tertiary/aromatic N) is 1. The van der Waals surface area contributed by atoms with Crippen molar-refractivity contribution in [1.29, 1.82) is 0 Å². The largest absolute Gasteiger partial charge is 0.337 e. The van der Waals surface area contributed by atoms with Gasteiger partial charge in [-0.05, 0) is 38.1 Å². The van der Waals surface area contributed by atoms with Crippen molar-refractivity contribution >= 4 is 15.9 Å². The predicted molar refractivity (Wildman–Crippen MR) is 85.1 cm³/mol. The van der Waals surface area contributed by atoms with E-state index in [0.29, 0.717) is 12.8 Å². The van der Waals surface area contributed by atoms with Crippen molar-refractivity contribution < 1.29 is 13.2 Å². The molecule has 6 nitrogen and oxygen atoms in total. The standard InChI is InChI=1S/C15H23N3O3S/c1-12-11-17-9-10-18(12)15(19)8-5-13-3-6-14(7-4-13)22(20,21)16-2/h3-4,6-7,12,16-17H,5,8-11H2,1-2H3/t12-/m1/s1. The zero-order chi connectivity index (χ0) is 16.2. The third kappa shape index (κ3) is 4.06. The number of benzene rings is 1. The summed E-state index contributed by atoms with van der Waals surface area (Å²) in [5.41, 5.74) is 0.964. The molecule has 1 amide bonds. The van der Waals surface area contributed by atoms with Crippen LogP contribution in [0.4, 0.5) is 0 Å². The average Bonchev–Trinajstić information content (AvgIpc) is 2.53. The van der Waals surface area contributed by atoms with Gasteiger partial charge in [-0.2, -0.15) is 0 Å². The van der Waals surface area contributed by atoms with E-state index in [9.17, 15) is 13.2 Å². The summed E-state index contributed by atoms with van der Waals surface area (Å²) in [5.74, 6) is 0.154. The molecular weight excluding hydrogens is 302 g/mol. The maximum absolute atomic E-state index is 12.2. The summed E-state index contributed by atoms with van der Waals surface area (Å²) >= 11 is 0. The molecule has 0 unspecified atom stereocenters. The third-order valence-electron chi connectivity index (χ3n) is 3.95. The molecule has 0 aromatic heterocycles. The molecule has 1 aromatic rings. The van der Waals surface area contributed by atoms with Gasteiger partial charge in [0.15, 0.2) is 0 Å². The van der Waals surface area contributed by atoms with Crippen LogP contribution in [0.3, 0.4) is 0 Å². The van der Waals surface area contributed by atoms with Gasteiger partial charge in [0.05, 0.1) is 4.90 Å². The van der Waals surface area contributed by atoms with Crippen LogP contribution in [0.5, 0.6) is 0 Å². The normalized spacial score (nSPS) is 19.2. The van der Waals surface area contributed by atoms with Gasteiger partial charge in [0.25, 0.3) is 0 Å². The fourth-order valence-corrected chi connectivity index (χ4v) is 3.29. The molecule has 1 aromatic carbocycles. The highest BCUT2D eigenvalue weighted by atomic mass is 32.2. The van der Waals surface area contributed by atoms with Crippen LogP contribution in [0, 0.1) is 0 Å². The van der Waals surface area contributed by atoms with Crippen molar-refractivity contribution in [1.82, 2.24) is 14.9 Å². The maximum Gasteiger partial charge on any atom is 0.240 e. The summed E-state index contributed by atoms with van der Waals surface area (Å²) in [6, 6.07) is 6.89. The van der Waals surface area contributed by atoms with Gasteiger partial charge in [0, 0.05) is 32.1 Å². The Kier molecular flexibility index (Phi) is 5.55. The van der Waals surface area contributed by atoms with E-state index in [1.54, 1.807) is 24.3 Å². The summed E-state index contributed by atoms with van der Waals surface area (Å²) < 4.78 is 25.6. The van der Waals surface area contributed by atoms with Gasteiger partial charge in [-0.15, -0.1) is 0 Å². The maximum atomic E-state index is 12.2. The summed E-state index contributed by atoms with van der Waals surface area (Å²) in [7, 11) is -2.02. The monoisotopic (exact) mass is 325 g/mol. The van der Waals surface area contributed by atoms with Gasteiger partial charge >= 0.3 is 0 Å². The van der Waals surface area contributed by atoms with Crippen molar-refractivity contribution in [2.45, 2.75) is 30.7 Å². The van der Waals surface area contributed by atoms with Crippen molar-refractivity contribution in [3.05, 3.63) is 29.8 Å². The minimum atomic E-state index is -3.40. The lowest BCUT2D eigenvalue weighted by Crippen LogP contribution is -2.52. The summed E-state index contributed by atoms with van der Waals surface area (Å²) in [4.78, 5) is 14.4. The molecular formula is C15H23N3O3S. The fraction of sp³-hybridized carbons (Fsp3) is 0.533. The highest BCUT2D eigenvalue weighted by Gasteiger charge is 2.22. The summed E-state index contributed by atoms with van der Waals surface area (Å²) in [6.45, 7) is 4.47. The molecule has 0 radical (unpaired) electrons. The first-order valence-corrected chi connectivity index (χ1v) is 8.95. The van der Waals surface area contributed by atoms with Crippen LogP contribution < -0.4 is 10.0 Å². The number of carbonyl (C=O) groups excluding carboxylic acids is 1. The van der Waals surface area contributed by atoms with Crippen LogP contribution in [-0.4, -0.2) is 51.9 Å². The molecule has 0 saturated carbocycles. The molecule has 0 spiro atoms. The highest BCUT2D eigenvalue weighted by Crippen LogP contribution is 2.13. The molecule has 1 saturated heterocycles. The zero-order valence-corrected chi connectivity index (χ0v) is 13.8. The first kappa shape index (κ1) is 16.9. The highest BCUT2D eigenvalue weighted by molar-refractivity contribution is 7.89. The van der Waals surface area contributed by atoms with E-state index in [2.05, 4.69) is 10.0 Å². The quantitative estimate of drug-likeness (QED) is 0.819. The minimum Gasteiger partial charge on any atom is -0.337 e. The molecule has 1 fully saturated rings. The van der Waals surface area contributed by atoms with Gasteiger partial charge in [0.2, 0.25) is 15.9 Å². The van der Waals surface area contributed by atoms with Crippen LogP contribution >= 0.6 is 0 Å². The molecule has 1 aliphatic rings. The Morgan fingerprint density at radius 3 is 2.64 bits per heavy atom. The zero-order valence-electron chi connectivity index (χ0n) is 13.0. The number of rotatable bonds is 5. The lowest BCUT2D eigenvalue weighted by Gasteiger charge is -2.34. The topological polar surface area (TPSA) is 78.5 Å². The number of hydrogen-bond donors (Lipinski definition) is 2. The third-order valence-corrected chi connectivity index (χ3v) is 5.38. The number of sulfonamides is 1. The van der Waals surface area contributed by atoms with E-state index < -0.39 is 10.0 Å². The molecule has 1 atom stereocenters. The predicted octanol–water partition coefficient (Wildman–Crippen LogP) is 0.348. The van der Waals surface area contributed by atoms with Crippen molar-refractivity contribution in [2.75, 3.05) is 26.7 Å². The van der Waals surface area contributed by atoms with E-state index >= 15 is 0 Å². The molecule has 7 heteroatoms. The minimum absolute atomic E-state index is 0.154. The molecule has 2 rings (SSSR count). The van der Waals surface area contributed by atoms with Crippen molar-refractivity contribution in [2.24, 2.45) is 0 Å². The van der Waals surface area contributed by atoms with Gasteiger partial charge in [0.1, 0.15) is 0 Å². The first-order chi connectivity index (χ1) is 10.4. The summed E-state index contributed by atoms with van der Waals surface area (Å²) in [6.07, 6.45) is 1.07. The Hall–Kier alpha value is -1.44. The van der Waals surface area contributed by atoms with E-state index in [1.165, 1.54) is 7.05 Å². The fourth-order valence-electron chi connectivity index (χ4n) is 2.56. The lowest BCUT2D eigenvalue weighted by molar-refractivity contribution is -0.133. The van der Waals surface area contributed by atoms with E-state index in [-0.39, 0.29) is 16.8 Å². The smallest absolute Gasteiger partial charge is 0.240 e. The number of amides is 1. The van der Waals surface area contributed by atoms with Crippen LogP contribution in [0.15, 0.2) is 29.2 Å². The van der Waals surface area contributed by atoms with Crippen LogP contribution in [0.2, 0.25) is 0 Å². The molecule has 0 aliphatic carbocycles. The summed E-state index contributed by atoms with van der Waals surface area (Å²) in [5, 5.41) is 3.26. The molecule has 2 N–H and O–H groups in total. The molecule has 1 heterocycles. The Morgan fingerprint density at radius 1 is 1.36 bits per heavy atom.